The Morgan fingerprint density at radius 1 is 1.08 bits per heavy atom. The van der Waals surface area contributed by atoms with Gasteiger partial charge in [-0.05, 0) is 49.4 Å². The summed E-state index contributed by atoms with van der Waals surface area (Å²) in [6.45, 7) is 3.87. The summed E-state index contributed by atoms with van der Waals surface area (Å²) in [5.74, 6) is 0.367. The van der Waals surface area contributed by atoms with Crippen LogP contribution in [0.25, 0.3) is 11.3 Å². The Labute approximate surface area is 152 Å². The third kappa shape index (κ3) is 2.86. The number of fused-ring (bicyclic) bond motifs is 1. The Morgan fingerprint density at radius 3 is 2.69 bits per heavy atom. The number of aromatic nitrogens is 3. The van der Waals surface area contributed by atoms with Crippen molar-refractivity contribution in [3.05, 3.63) is 70.7 Å². The minimum atomic E-state index is 0.0576. The van der Waals surface area contributed by atoms with Crippen molar-refractivity contribution in [3.63, 3.8) is 0 Å². The highest BCUT2D eigenvalue weighted by Gasteiger charge is 2.31. The van der Waals surface area contributed by atoms with E-state index in [0.29, 0.717) is 24.1 Å². The number of carbonyl (C=O) groups is 1. The number of rotatable bonds is 2. The fourth-order valence-corrected chi connectivity index (χ4v) is 3.79. The lowest BCUT2D eigenvalue weighted by molar-refractivity contribution is 0.0962. The van der Waals surface area contributed by atoms with Crippen molar-refractivity contribution in [1.29, 1.82) is 0 Å². The summed E-state index contributed by atoms with van der Waals surface area (Å²) in [6.07, 6.45) is 2.95. The summed E-state index contributed by atoms with van der Waals surface area (Å²) in [7, 11) is 0. The molecule has 0 spiro atoms. The molecule has 1 aliphatic rings. The predicted molar refractivity (Wildman–Crippen MR) is 101 cm³/mol. The minimum absolute atomic E-state index is 0.0576. The Hall–Kier alpha value is -3.08. The van der Waals surface area contributed by atoms with Gasteiger partial charge in [0.25, 0.3) is 0 Å². The van der Waals surface area contributed by atoms with E-state index in [0.717, 1.165) is 28.1 Å². The lowest BCUT2D eigenvalue weighted by atomic mass is 9.79. The zero-order valence-electron chi connectivity index (χ0n) is 14.9. The maximum absolute atomic E-state index is 12.8. The minimum Gasteiger partial charge on any atom is -0.368 e. The van der Waals surface area contributed by atoms with E-state index in [9.17, 15) is 4.79 Å². The number of benzene rings is 1. The number of pyridine rings is 1. The second-order valence-electron chi connectivity index (χ2n) is 6.82. The average molecular weight is 344 g/mol. The lowest BCUT2D eigenvalue weighted by Crippen LogP contribution is -2.23. The second kappa shape index (κ2) is 6.33. The smallest absolute Gasteiger partial charge is 0.220 e. The molecule has 0 fully saturated rings. The van der Waals surface area contributed by atoms with Gasteiger partial charge in [0.05, 0.1) is 22.6 Å². The summed E-state index contributed by atoms with van der Waals surface area (Å²) in [4.78, 5) is 25.8. The molecule has 2 heterocycles. The van der Waals surface area contributed by atoms with Crippen LogP contribution in [0.3, 0.4) is 0 Å². The molecular formula is C21H20N4O. The van der Waals surface area contributed by atoms with Crippen molar-refractivity contribution in [3.8, 4) is 11.3 Å². The molecule has 5 nitrogen and oxygen atoms in total. The molecule has 0 aliphatic heterocycles. The highest BCUT2D eigenvalue weighted by molar-refractivity contribution is 6.00. The molecule has 0 bridgehead atoms. The largest absolute Gasteiger partial charge is 0.368 e. The number of hydrogen-bond acceptors (Lipinski definition) is 5. The van der Waals surface area contributed by atoms with Crippen molar-refractivity contribution >= 4 is 11.7 Å². The van der Waals surface area contributed by atoms with Gasteiger partial charge in [-0.1, -0.05) is 24.3 Å². The van der Waals surface area contributed by atoms with Crippen molar-refractivity contribution < 1.29 is 4.79 Å². The molecule has 1 aromatic carbocycles. The van der Waals surface area contributed by atoms with Gasteiger partial charge in [0.2, 0.25) is 5.95 Å². The predicted octanol–water partition coefficient (Wildman–Crippen LogP) is 3.65. The number of nitrogens with two attached hydrogens (primary N) is 1. The van der Waals surface area contributed by atoms with E-state index >= 15 is 0 Å². The van der Waals surface area contributed by atoms with Gasteiger partial charge in [-0.3, -0.25) is 9.78 Å². The fourth-order valence-electron chi connectivity index (χ4n) is 3.79. The van der Waals surface area contributed by atoms with Gasteiger partial charge in [-0.15, -0.1) is 0 Å². The quantitative estimate of drug-likeness (QED) is 0.767. The molecule has 130 valence electrons. The van der Waals surface area contributed by atoms with E-state index in [1.165, 1.54) is 0 Å². The molecule has 0 saturated heterocycles. The van der Waals surface area contributed by atoms with Crippen molar-refractivity contribution in [1.82, 2.24) is 15.0 Å². The van der Waals surface area contributed by atoms with Crippen LogP contribution in [-0.4, -0.2) is 20.7 Å². The first-order chi connectivity index (χ1) is 12.5. The molecule has 3 aromatic rings. The lowest BCUT2D eigenvalue weighted by Gasteiger charge is -2.26. The van der Waals surface area contributed by atoms with E-state index in [-0.39, 0.29) is 17.6 Å². The summed E-state index contributed by atoms with van der Waals surface area (Å²) in [5, 5.41) is 0. The van der Waals surface area contributed by atoms with Gasteiger partial charge in [-0.2, -0.15) is 0 Å². The van der Waals surface area contributed by atoms with E-state index in [2.05, 4.69) is 40.1 Å². The molecule has 1 aliphatic carbocycles. The Kier molecular flexibility index (Phi) is 3.99. The number of hydrogen-bond donors (Lipinski definition) is 1. The topological polar surface area (TPSA) is 81.8 Å². The van der Waals surface area contributed by atoms with Crippen LogP contribution in [0, 0.1) is 13.8 Å². The number of nitrogen functional groups attached to an aromatic ring is 1. The van der Waals surface area contributed by atoms with E-state index in [1.54, 1.807) is 0 Å². The van der Waals surface area contributed by atoms with E-state index in [4.69, 9.17) is 5.73 Å². The Bertz CT molecular complexity index is 1010. The first-order valence-corrected chi connectivity index (χ1v) is 8.71. The fraction of sp³-hybridized carbons (Fsp3) is 0.238. The standard InChI is InChI=1S/C21H20N4O/c1-12-7-8-23-17(9-12)16-6-4-3-5-15(16)14-10-18-20(19(26)11-14)13(2)24-21(22)25-18/h3-9,14H,10-11H2,1-2H3,(H2,22,24,25). The molecule has 26 heavy (non-hydrogen) atoms. The number of ketones is 1. The number of anilines is 1. The molecule has 0 radical (unpaired) electrons. The van der Waals surface area contributed by atoms with E-state index in [1.807, 2.05) is 31.3 Å². The third-order valence-corrected chi connectivity index (χ3v) is 4.92. The maximum atomic E-state index is 12.8. The first kappa shape index (κ1) is 16.4. The highest BCUT2D eigenvalue weighted by atomic mass is 16.1. The molecule has 0 amide bonds. The second-order valence-corrected chi connectivity index (χ2v) is 6.82. The normalized spacial score (nSPS) is 16.4. The molecule has 1 unspecified atom stereocenters. The van der Waals surface area contributed by atoms with Gasteiger partial charge < -0.3 is 5.73 Å². The van der Waals surface area contributed by atoms with Crippen LogP contribution in [0.2, 0.25) is 0 Å². The summed E-state index contributed by atoms with van der Waals surface area (Å²) in [6, 6.07) is 12.2. The Morgan fingerprint density at radius 2 is 1.88 bits per heavy atom. The molecular weight excluding hydrogens is 324 g/mol. The van der Waals surface area contributed by atoms with Crippen LogP contribution < -0.4 is 5.73 Å². The zero-order chi connectivity index (χ0) is 18.3. The number of nitrogens with zero attached hydrogens (tertiary/aromatic N) is 3. The van der Waals surface area contributed by atoms with Crippen molar-refractivity contribution in [2.75, 3.05) is 5.73 Å². The summed E-state index contributed by atoms with van der Waals surface area (Å²) < 4.78 is 0. The first-order valence-electron chi connectivity index (χ1n) is 8.71. The molecule has 2 aromatic heterocycles. The van der Waals surface area contributed by atoms with Crippen molar-refractivity contribution in [2.45, 2.75) is 32.6 Å². The number of Topliss-reactive ketones (excluding diaryl/α,β-unsaturated/α-hetero) is 1. The molecule has 5 heteroatoms. The molecule has 1 atom stereocenters. The molecule has 4 rings (SSSR count). The SMILES string of the molecule is Cc1ccnc(-c2ccccc2C2CC(=O)c3c(C)nc(N)nc3C2)c1. The Balaban J connectivity index is 1.79. The van der Waals surface area contributed by atoms with Crippen LogP contribution in [0.15, 0.2) is 42.6 Å². The van der Waals surface area contributed by atoms with Crippen LogP contribution in [0.5, 0.6) is 0 Å². The van der Waals surface area contributed by atoms with Gasteiger partial charge in [0, 0.05) is 18.2 Å². The molecule has 2 N–H and O–H groups in total. The van der Waals surface area contributed by atoms with Crippen LogP contribution in [-0.2, 0) is 6.42 Å². The van der Waals surface area contributed by atoms with Gasteiger partial charge in [0.1, 0.15) is 0 Å². The zero-order valence-corrected chi connectivity index (χ0v) is 14.9. The van der Waals surface area contributed by atoms with Gasteiger partial charge in [-0.25, -0.2) is 9.97 Å². The summed E-state index contributed by atoms with van der Waals surface area (Å²) in [5.41, 5.74) is 12.1. The van der Waals surface area contributed by atoms with Crippen LogP contribution in [0.4, 0.5) is 5.95 Å². The molecule has 0 saturated carbocycles. The monoisotopic (exact) mass is 344 g/mol. The average Bonchev–Trinajstić information content (AvgIpc) is 2.60. The summed E-state index contributed by atoms with van der Waals surface area (Å²) >= 11 is 0. The van der Waals surface area contributed by atoms with Crippen molar-refractivity contribution in [2.24, 2.45) is 0 Å². The van der Waals surface area contributed by atoms with Crippen LogP contribution >= 0.6 is 0 Å². The number of aryl methyl sites for hydroxylation is 2. The highest BCUT2D eigenvalue weighted by Crippen LogP contribution is 2.37. The third-order valence-electron chi connectivity index (χ3n) is 4.92. The van der Waals surface area contributed by atoms with E-state index < -0.39 is 0 Å². The van der Waals surface area contributed by atoms with Crippen LogP contribution in [0.1, 0.15) is 45.2 Å². The van der Waals surface area contributed by atoms with Gasteiger partial charge in [0.15, 0.2) is 5.78 Å². The van der Waals surface area contributed by atoms with Gasteiger partial charge >= 0.3 is 0 Å². The maximum Gasteiger partial charge on any atom is 0.220 e. The number of carbonyl (C=O) groups excluding carboxylic acids is 1.